The third-order valence-corrected chi connectivity index (χ3v) is 6.94. The minimum atomic E-state index is -0.166. The van der Waals surface area contributed by atoms with Crippen LogP contribution in [0.5, 0.6) is 11.5 Å². The van der Waals surface area contributed by atoms with Crippen molar-refractivity contribution in [1.29, 1.82) is 0 Å². The fraction of sp³-hybridized carbons (Fsp3) is 0.286. The van der Waals surface area contributed by atoms with Gasteiger partial charge in [0.2, 0.25) is 12.7 Å². The molecule has 1 N–H and O–H groups in total. The molecule has 188 valence electrons. The number of aromatic nitrogens is 3. The van der Waals surface area contributed by atoms with Crippen LogP contribution in [0.3, 0.4) is 0 Å². The number of piperidine rings is 1. The maximum Gasteiger partial charge on any atom is 0.295 e. The molecule has 0 unspecified atom stereocenters. The number of fused-ring (bicyclic) bond motifs is 2. The highest BCUT2D eigenvalue weighted by Crippen LogP contribution is 2.32. The summed E-state index contributed by atoms with van der Waals surface area (Å²) in [4.78, 5) is 37.6. The number of nitrogens with zero attached hydrogens (tertiary/aromatic N) is 4. The highest BCUT2D eigenvalue weighted by molar-refractivity contribution is 5.79. The van der Waals surface area contributed by atoms with Crippen LogP contribution < -0.4 is 25.2 Å². The van der Waals surface area contributed by atoms with E-state index in [4.69, 9.17) is 9.47 Å². The van der Waals surface area contributed by atoms with Gasteiger partial charge in [-0.15, -0.1) is 0 Å². The molecule has 9 heteroatoms. The number of benzene rings is 2. The first-order valence-corrected chi connectivity index (χ1v) is 12.5. The molecule has 6 rings (SSSR count). The van der Waals surface area contributed by atoms with Crippen LogP contribution in [0.15, 0.2) is 71.7 Å². The molecule has 0 spiro atoms. The molecule has 1 amide bonds. The molecule has 2 aliphatic rings. The monoisotopic (exact) mass is 497 g/mol. The van der Waals surface area contributed by atoms with Crippen LogP contribution in [0.1, 0.15) is 24.0 Å². The van der Waals surface area contributed by atoms with Gasteiger partial charge in [-0.05, 0) is 48.2 Å². The minimum Gasteiger partial charge on any atom is -0.454 e. The van der Waals surface area contributed by atoms with Gasteiger partial charge in [-0.2, -0.15) is 0 Å². The zero-order valence-corrected chi connectivity index (χ0v) is 20.3. The van der Waals surface area contributed by atoms with Crippen LogP contribution in [-0.4, -0.2) is 40.3 Å². The van der Waals surface area contributed by atoms with Crippen LogP contribution in [-0.2, 0) is 17.9 Å². The molecular weight excluding hydrogens is 470 g/mol. The lowest BCUT2D eigenvalue weighted by atomic mass is 9.96. The van der Waals surface area contributed by atoms with Crippen molar-refractivity contribution in [3.8, 4) is 11.5 Å². The smallest absolute Gasteiger partial charge is 0.295 e. The number of pyridine rings is 1. The van der Waals surface area contributed by atoms with E-state index in [1.54, 1.807) is 10.8 Å². The Kier molecular flexibility index (Phi) is 6.18. The molecule has 2 aliphatic heterocycles. The molecule has 0 atom stereocenters. The van der Waals surface area contributed by atoms with Crippen molar-refractivity contribution < 1.29 is 14.3 Å². The van der Waals surface area contributed by atoms with E-state index in [0.717, 1.165) is 16.9 Å². The van der Waals surface area contributed by atoms with Crippen LogP contribution in [0, 0.1) is 5.92 Å². The summed E-state index contributed by atoms with van der Waals surface area (Å²) >= 11 is 0. The van der Waals surface area contributed by atoms with E-state index in [1.165, 1.54) is 0 Å². The fourth-order valence-corrected chi connectivity index (χ4v) is 4.92. The Morgan fingerprint density at radius 1 is 0.973 bits per heavy atom. The number of carbonyl (C=O) groups is 1. The third-order valence-electron chi connectivity index (χ3n) is 6.94. The first kappa shape index (κ1) is 23.0. The van der Waals surface area contributed by atoms with Gasteiger partial charge in [-0.25, -0.2) is 9.97 Å². The standard InChI is InChI=1S/C28H27N5O4/c34-27(30-16-20-8-9-23-24(15-20)37-18-36-23)21-10-13-32(14-11-21)26-28(35)33(17-19-5-2-1-3-6-19)25-22(31-26)7-4-12-29-25/h1-9,12,15,21H,10-11,13-14,16-18H2,(H,30,34). The topological polar surface area (TPSA) is 98.6 Å². The largest absolute Gasteiger partial charge is 0.454 e. The Morgan fingerprint density at radius 3 is 2.62 bits per heavy atom. The highest BCUT2D eigenvalue weighted by Gasteiger charge is 2.28. The normalized spacial score (nSPS) is 15.2. The Bertz CT molecular complexity index is 1500. The van der Waals surface area contributed by atoms with Crippen molar-refractivity contribution in [1.82, 2.24) is 19.9 Å². The van der Waals surface area contributed by atoms with Gasteiger partial charge in [0.15, 0.2) is 23.0 Å². The Labute approximate surface area is 213 Å². The van der Waals surface area contributed by atoms with Crippen molar-refractivity contribution >= 4 is 22.9 Å². The molecule has 2 aromatic carbocycles. The van der Waals surface area contributed by atoms with Gasteiger partial charge in [0.25, 0.3) is 5.56 Å². The van der Waals surface area contributed by atoms with Gasteiger partial charge >= 0.3 is 0 Å². The molecule has 1 saturated heterocycles. The van der Waals surface area contributed by atoms with Gasteiger partial charge in [-0.1, -0.05) is 36.4 Å². The van der Waals surface area contributed by atoms with E-state index in [-0.39, 0.29) is 24.2 Å². The van der Waals surface area contributed by atoms with Crippen molar-refractivity contribution in [2.24, 2.45) is 5.92 Å². The SMILES string of the molecule is O=C(NCc1ccc2c(c1)OCO2)C1CCN(c2nc3cccnc3n(Cc3ccccc3)c2=O)CC1. The van der Waals surface area contributed by atoms with Gasteiger partial charge in [0.05, 0.1) is 6.54 Å². The van der Waals surface area contributed by atoms with Gasteiger partial charge in [0.1, 0.15) is 5.52 Å². The average Bonchev–Trinajstić information content (AvgIpc) is 3.42. The summed E-state index contributed by atoms with van der Waals surface area (Å²) in [7, 11) is 0. The fourth-order valence-electron chi connectivity index (χ4n) is 4.92. The van der Waals surface area contributed by atoms with Crippen LogP contribution in [0.2, 0.25) is 0 Å². The summed E-state index contributed by atoms with van der Waals surface area (Å²) < 4.78 is 12.5. The molecule has 9 nitrogen and oxygen atoms in total. The summed E-state index contributed by atoms with van der Waals surface area (Å²) in [5, 5.41) is 3.04. The molecule has 1 fully saturated rings. The van der Waals surface area contributed by atoms with Crippen LogP contribution in [0.4, 0.5) is 5.82 Å². The van der Waals surface area contributed by atoms with Gasteiger partial charge in [-0.3, -0.25) is 14.2 Å². The number of hydrogen-bond donors (Lipinski definition) is 1. The first-order chi connectivity index (χ1) is 18.2. The summed E-state index contributed by atoms with van der Waals surface area (Å²) in [6.07, 6.45) is 2.98. The zero-order valence-electron chi connectivity index (χ0n) is 20.3. The molecule has 37 heavy (non-hydrogen) atoms. The van der Waals surface area contributed by atoms with E-state index in [0.29, 0.717) is 61.8 Å². The first-order valence-electron chi connectivity index (χ1n) is 12.5. The summed E-state index contributed by atoms with van der Waals surface area (Å²) in [5.41, 5.74) is 3.06. The number of anilines is 1. The lowest BCUT2D eigenvalue weighted by Crippen LogP contribution is -2.43. The van der Waals surface area contributed by atoms with Gasteiger partial charge in [0, 0.05) is 31.7 Å². The number of carbonyl (C=O) groups excluding carboxylic acids is 1. The molecule has 2 aromatic heterocycles. The van der Waals surface area contributed by atoms with Crippen LogP contribution in [0.25, 0.3) is 11.2 Å². The van der Waals surface area contributed by atoms with Crippen molar-refractivity contribution in [2.45, 2.75) is 25.9 Å². The van der Waals surface area contributed by atoms with E-state index >= 15 is 0 Å². The Balaban J connectivity index is 1.15. The van der Waals surface area contributed by atoms with E-state index < -0.39 is 0 Å². The predicted molar refractivity (Wildman–Crippen MR) is 139 cm³/mol. The summed E-state index contributed by atoms with van der Waals surface area (Å²) in [5.74, 6) is 1.75. The van der Waals surface area contributed by atoms with Crippen molar-refractivity contribution in [2.75, 3.05) is 24.8 Å². The second kappa shape index (κ2) is 9.93. The number of hydrogen-bond acceptors (Lipinski definition) is 7. The lowest BCUT2D eigenvalue weighted by molar-refractivity contribution is -0.125. The quantitative estimate of drug-likeness (QED) is 0.437. The molecule has 4 aromatic rings. The number of nitrogens with one attached hydrogen (secondary N) is 1. The molecule has 0 bridgehead atoms. The molecule has 0 aliphatic carbocycles. The zero-order chi connectivity index (χ0) is 25.2. The van der Waals surface area contributed by atoms with Gasteiger partial charge < -0.3 is 19.7 Å². The number of rotatable bonds is 6. The molecule has 0 radical (unpaired) electrons. The second-order valence-corrected chi connectivity index (χ2v) is 9.33. The van der Waals surface area contributed by atoms with E-state index in [9.17, 15) is 9.59 Å². The van der Waals surface area contributed by atoms with Crippen LogP contribution >= 0.6 is 0 Å². The molecule has 4 heterocycles. The highest BCUT2D eigenvalue weighted by atomic mass is 16.7. The number of ether oxygens (including phenoxy) is 2. The lowest BCUT2D eigenvalue weighted by Gasteiger charge is -2.32. The summed E-state index contributed by atoms with van der Waals surface area (Å²) in [6.45, 7) is 2.24. The number of amides is 1. The second-order valence-electron chi connectivity index (χ2n) is 9.33. The van der Waals surface area contributed by atoms with E-state index in [2.05, 4.69) is 15.3 Å². The maximum absolute atomic E-state index is 13.6. The summed E-state index contributed by atoms with van der Waals surface area (Å²) in [6, 6.07) is 19.2. The minimum absolute atomic E-state index is 0.0227. The Hall–Kier alpha value is -4.40. The molecular formula is C28H27N5O4. The Morgan fingerprint density at radius 2 is 1.78 bits per heavy atom. The third kappa shape index (κ3) is 4.72. The van der Waals surface area contributed by atoms with E-state index in [1.807, 2.05) is 65.6 Å². The van der Waals surface area contributed by atoms with Crippen molar-refractivity contribution in [3.05, 3.63) is 88.3 Å². The molecule has 0 saturated carbocycles. The van der Waals surface area contributed by atoms with Crippen molar-refractivity contribution in [3.63, 3.8) is 0 Å². The average molecular weight is 498 g/mol. The predicted octanol–water partition coefficient (Wildman–Crippen LogP) is 3.10. The maximum atomic E-state index is 13.6.